The number of pyridine rings is 1. The Labute approximate surface area is 123 Å². The number of carboxylic acids is 1. The molecule has 0 spiro atoms. The zero-order valence-electron chi connectivity index (χ0n) is 10.6. The molecule has 1 aromatic carbocycles. The third kappa shape index (κ3) is 3.21. The molecule has 1 heterocycles. The molecule has 2 aromatic rings. The Morgan fingerprint density at radius 1 is 1.20 bits per heavy atom. The third-order valence-electron chi connectivity index (χ3n) is 2.67. The van der Waals surface area contributed by atoms with Crippen LogP contribution < -0.4 is 5.32 Å². The highest BCUT2D eigenvalue weighted by molar-refractivity contribution is 9.10. The fourth-order valence-electron chi connectivity index (χ4n) is 1.57. The van der Waals surface area contributed by atoms with Crippen LogP contribution in [0.4, 0.5) is 5.82 Å². The molecule has 102 valence electrons. The van der Waals surface area contributed by atoms with Crippen molar-refractivity contribution in [3.63, 3.8) is 0 Å². The van der Waals surface area contributed by atoms with Gasteiger partial charge in [-0.25, -0.2) is 9.78 Å². The molecule has 0 saturated heterocycles. The summed E-state index contributed by atoms with van der Waals surface area (Å²) in [5.41, 5.74) is 1.53. The Morgan fingerprint density at radius 2 is 1.90 bits per heavy atom. The lowest BCUT2D eigenvalue weighted by Gasteiger charge is -2.06. The van der Waals surface area contributed by atoms with Gasteiger partial charge in [-0.15, -0.1) is 0 Å². The van der Waals surface area contributed by atoms with E-state index >= 15 is 0 Å². The Balaban J connectivity index is 2.14. The summed E-state index contributed by atoms with van der Waals surface area (Å²) in [6.45, 7) is 1.89. The quantitative estimate of drug-likeness (QED) is 0.903. The molecule has 2 rings (SSSR count). The summed E-state index contributed by atoms with van der Waals surface area (Å²) in [6, 6.07) is 8.08. The monoisotopic (exact) mass is 334 g/mol. The van der Waals surface area contributed by atoms with Gasteiger partial charge in [-0.3, -0.25) is 4.79 Å². The van der Waals surface area contributed by atoms with Gasteiger partial charge in [0.2, 0.25) is 0 Å². The van der Waals surface area contributed by atoms with Crippen LogP contribution in [0.15, 0.2) is 41.0 Å². The minimum Gasteiger partial charge on any atom is -0.478 e. The number of aromatic carboxylic acids is 1. The number of rotatable bonds is 3. The van der Waals surface area contributed by atoms with Gasteiger partial charge in [-0.1, -0.05) is 15.9 Å². The molecule has 1 aromatic heterocycles. The second kappa shape index (κ2) is 5.83. The minimum absolute atomic E-state index is 0.0717. The van der Waals surface area contributed by atoms with E-state index in [9.17, 15) is 9.59 Å². The number of carbonyl (C=O) groups excluding carboxylic acids is 1. The minimum atomic E-state index is -1.06. The van der Waals surface area contributed by atoms with E-state index in [1.54, 1.807) is 18.2 Å². The Morgan fingerprint density at radius 3 is 2.45 bits per heavy atom. The van der Waals surface area contributed by atoms with Crippen LogP contribution in [0.25, 0.3) is 0 Å². The molecule has 0 aliphatic carbocycles. The van der Waals surface area contributed by atoms with Crippen LogP contribution in [0, 0.1) is 6.92 Å². The number of amides is 1. The van der Waals surface area contributed by atoms with E-state index in [1.807, 2.05) is 6.92 Å². The van der Waals surface area contributed by atoms with Crippen molar-refractivity contribution in [2.24, 2.45) is 0 Å². The maximum Gasteiger partial charge on any atom is 0.337 e. The van der Waals surface area contributed by atoms with Crippen LogP contribution in [-0.4, -0.2) is 22.0 Å². The molecular formula is C14H11BrN2O3. The second-order valence-electron chi connectivity index (χ2n) is 4.16. The molecule has 5 nitrogen and oxygen atoms in total. The number of aromatic nitrogens is 1. The fourth-order valence-corrected chi connectivity index (χ4v) is 1.82. The largest absolute Gasteiger partial charge is 0.478 e. The number of nitrogens with one attached hydrogen (secondary N) is 1. The number of carbonyl (C=O) groups is 2. The van der Waals surface area contributed by atoms with E-state index in [-0.39, 0.29) is 11.5 Å². The van der Waals surface area contributed by atoms with Gasteiger partial charge in [0.1, 0.15) is 5.82 Å². The number of halogens is 1. The first-order valence-corrected chi connectivity index (χ1v) is 6.53. The highest BCUT2D eigenvalue weighted by Crippen LogP contribution is 2.17. The molecule has 6 heteroatoms. The van der Waals surface area contributed by atoms with Crippen molar-refractivity contribution in [2.45, 2.75) is 6.92 Å². The Bertz CT molecular complexity index is 669. The predicted octanol–water partition coefficient (Wildman–Crippen LogP) is 3.10. The number of hydrogen-bond acceptors (Lipinski definition) is 3. The maximum absolute atomic E-state index is 12.0. The van der Waals surface area contributed by atoms with E-state index in [0.717, 1.165) is 10.0 Å². The Kier molecular flexibility index (Phi) is 4.14. The normalized spacial score (nSPS) is 10.1. The van der Waals surface area contributed by atoms with E-state index < -0.39 is 5.97 Å². The molecule has 0 atom stereocenters. The molecule has 20 heavy (non-hydrogen) atoms. The summed E-state index contributed by atoms with van der Waals surface area (Å²) >= 11 is 3.37. The lowest BCUT2D eigenvalue weighted by molar-refractivity contribution is 0.0696. The van der Waals surface area contributed by atoms with Crippen LogP contribution >= 0.6 is 15.9 Å². The number of anilines is 1. The van der Waals surface area contributed by atoms with Gasteiger partial charge in [0, 0.05) is 16.2 Å². The summed E-state index contributed by atoms with van der Waals surface area (Å²) in [5.74, 6) is -1.05. The molecule has 0 unspecified atom stereocenters. The van der Waals surface area contributed by atoms with Gasteiger partial charge < -0.3 is 10.4 Å². The van der Waals surface area contributed by atoms with E-state index in [0.29, 0.717) is 11.4 Å². The number of carboxylic acid groups (broad SMARTS) is 1. The lowest BCUT2D eigenvalue weighted by atomic mass is 10.1. The number of aryl methyl sites for hydroxylation is 1. The molecule has 0 fully saturated rings. The molecular weight excluding hydrogens is 324 g/mol. The van der Waals surface area contributed by atoms with Crippen LogP contribution in [0.3, 0.4) is 0 Å². The van der Waals surface area contributed by atoms with E-state index in [2.05, 4.69) is 26.2 Å². The van der Waals surface area contributed by atoms with Crippen LogP contribution in [0.2, 0.25) is 0 Å². The standard InChI is InChI=1S/C14H11BrN2O3/c1-8-6-9(2-4-11(8)15)13(18)17-12-5-3-10(7-16-12)14(19)20/h2-7H,1H3,(H,19,20)(H,16,17,18). The average Bonchev–Trinajstić information content (AvgIpc) is 2.42. The van der Waals surface area contributed by atoms with Crippen molar-refractivity contribution in [3.8, 4) is 0 Å². The number of nitrogens with zero attached hydrogens (tertiary/aromatic N) is 1. The van der Waals surface area contributed by atoms with E-state index in [1.165, 1.54) is 18.3 Å². The zero-order valence-corrected chi connectivity index (χ0v) is 12.1. The van der Waals surface area contributed by atoms with Crippen molar-refractivity contribution < 1.29 is 14.7 Å². The molecule has 1 amide bonds. The highest BCUT2D eigenvalue weighted by atomic mass is 79.9. The number of benzene rings is 1. The van der Waals surface area contributed by atoms with Gasteiger partial charge in [0.15, 0.2) is 0 Å². The maximum atomic E-state index is 12.0. The molecule has 0 aliphatic heterocycles. The van der Waals surface area contributed by atoms with Crippen LogP contribution in [0.1, 0.15) is 26.3 Å². The predicted molar refractivity (Wildman–Crippen MR) is 78.0 cm³/mol. The van der Waals surface area contributed by atoms with Crippen molar-refractivity contribution in [1.82, 2.24) is 4.98 Å². The SMILES string of the molecule is Cc1cc(C(=O)Nc2ccc(C(=O)O)cn2)ccc1Br. The van der Waals surface area contributed by atoms with Gasteiger partial charge in [-0.05, 0) is 42.8 Å². The summed E-state index contributed by atoms with van der Waals surface area (Å²) in [6.07, 6.45) is 1.20. The topological polar surface area (TPSA) is 79.3 Å². The van der Waals surface area contributed by atoms with Crippen molar-refractivity contribution in [3.05, 3.63) is 57.7 Å². The summed E-state index contributed by atoms with van der Waals surface area (Å²) < 4.78 is 0.929. The first-order valence-electron chi connectivity index (χ1n) is 5.74. The summed E-state index contributed by atoms with van der Waals surface area (Å²) in [5, 5.41) is 11.4. The Hall–Kier alpha value is -2.21. The zero-order chi connectivity index (χ0) is 14.7. The van der Waals surface area contributed by atoms with E-state index in [4.69, 9.17) is 5.11 Å². The lowest BCUT2D eigenvalue weighted by Crippen LogP contribution is -2.13. The smallest absolute Gasteiger partial charge is 0.337 e. The van der Waals surface area contributed by atoms with Gasteiger partial charge >= 0.3 is 5.97 Å². The van der Waals surface area contributed by atoms with Gasteiger partial charge in [0.25, 0.3) is 5.91 Å². The van der Waals surface area contributed by atoms with Crippen molar-refractivity contribution >= 4 is 33.6 Å². The van der Waals surface area contributed by atoms with Crippen molar-refractivity contribution in [2.75, 3.05) is 5.32 Å². The summed E-state index contributed by atoms with van der Waals surface area (Å²) in [4.78, 5) is 26.6. The molecule has 0 radical (unpaired) electrons. The third-order valence-corrected chi connectivity index (χ3v) is 3.56. The summed E-state index contributed by atoms with van der Waals surface area (Å²) in [7, 11) is 0. The molecule has 0 aliphatic rings. The fraction of sp³-hybridized carbons (Fsp3) is 0.0714. The van der Waals surface area contributed by atoms with Crippen LogP contribution in [-0.2, 0) is 0 Å². The first kappa shape index (κ1) is 14.2. The van der Waals surface area contributed by atoms with Crippen molar-refractivity contribution in [1.29, 1.82) is 0 Å². The molecule has 0 bridgehead atoms. The van der Waals surface area contributed by atoms with Gasteiger partial charge in [0.05, 0.1) is 5.56 Å². The number of hydrogen-bond donors (Lipinski definition) is 2. The second-order valence-corrected chi connectivity index (χ2v) is 5.01. The van der Waals surface area contributed by atoms with Crippen LogP contribution in [0.5, 0.6) is 0 Å². The average molecular weight is 335 g/mol. The molecule has 0 saturated carbocycles. The van der Waals surface area contributed by atoms with Gasteiger partial charge in [-0.2, -0.15) is 0 Å². The molecule has 2 N–H and O–H groups in total. The highest BCUT2D eigenvalue weighted by Gasteiger charge is 2.09. The first-order chi connectivity index (χ1) is 9.47.